The van der Waals surface area contributed by atoms with Crippen LogP contribution in [-0.2, 0) is 9.59 Å². The van der Waals surface area contributed by atoms with Gasteiger partial charge in [-0.1, -0.05) is 12.2 Å². The molecule has 0 aromatic carbocycles. The zero-order chi connectivity index (χ0) is 8.55. The minimum absolute atomic E-state index is 0.628. The molecule has 0 radical (unpaired) electrons. The first kappa shape index (κ1) is 6.98. The summed E-state index contributed by atoms with van der Waals surface area (Å²) in [6.07, 6.45) is 8.69. The van der Waals surface area contributed by atoms with Crippen LogP contribution in [0, 0.1) is 0 Å². The van der Waals surface area contributed by atoms with E-state index in [0.717, 1.165) is 23.7 Å². The van der Waals surface area contributed by atoms with Crippen molar-refractivity contribution in [1.82, 2.24) is 0 Å². The van der Waals surface area contributed by atoms with Gasteiger partial charge in [-0.15, -0.1) is 0 Å². The maximum atomic E-state index is 10.5. The molecule has 0 fully saturated rings. The van der Waals surface area contributed by atoms with Crippen LogP contribution in [0.25, 0.3) is 0 Å². The van der Waals surface area contributed by atoms with Crippen LogP contribution < -0.4 is 0 Å². The van der Waals surface area contributed by atoms with E-state index in [1.54, 1.807) is 18.2 Å². The van der Waals surface area contributed by atoms with Crippen molar-refractivity contribution in [1.29, 1.82) is 0 Å². The molecule has 58 valence electrons. The van der Waals surface area contributed by atoms with Crippen molar-refractivity contribution in [3.8, 4) is 0 Å². The van der Waals surface area contributed by atoms with Crippen molar-refractivity contribution >= 4 is 12.6 Å². The van der Waals surface area contributed by atoms with Crippen LogP contribution in [0.4, 0.5) is 0 Å². The fourth-order valence-corrected chi connectivity index (χ4v) is 1.38. The molecule has 2 heteroatoms. The van der Waals surface area contributed by atoms with Crippen LogP contribution in [0.3, 0.4) is 0 Å². The molecule has 0 saturated heterocycles. The third-order valence-corrected chi connectivity index (χ3v) is 1.96. The molecule has 0 atom stereocenters. The van der Waals surface area contributed by atoms with Gasteiger partial charge in [-0.05, 0) is 23.3 Å². The highest BCUT2D eigenvalue weighted by Crippen LogP contribution is 2.31. The molecule has 2 aliphatic rings. The average Bonchev–Trinajstić information content (AvgIpc) is 2.61. The fourth-order valence-electron chi connectivity index (χ4n) is 1.38. The quantitative estimate of drug-likeness (QED) is 0.564. The van der Waals surface area contributed by atoms with E-state index in [4.69, 9.17) is 0 Å². The van der Waals surface area contributed by atoms with Crippen LogP contribution in [0.1, 0.15) is 0 Å². The molecule has 0 bridgehead atoms. The first-order chi connectivity index (χ1) is 5.85. The summed E-state index contributed by atoms with van der Waals surface area (Å²) >= 11 is 0. The van der Waals surface area contributed by atoms with Gasteiger partial charge < -0.3 is 0 Å². The third kappa shape index (κ3) is 0.815. The summed E-state index contributed by atoms with van der Waals surface area (Å²) in [6, 6.07) is 0. The van der Waals surface area contributed by atoms with Gasteiger partial charge in [-0.2, -0.15) is 0 Å². The first-order valence-corrected chi connectivity index (χ1v) is 3.61. The third-order valence-electron chi connectivity index (χ3n) is 1.96. The Hall–Kier alpha value is -1.70. The molecular weight excluding hydrogens is 152 g/mol. The Labute approximate surface area is 69.6 Å². The summed E-state index contributed by atoms with van der Waals surface area (Å²) in [4.78, 5) is 20.9. The van der Waals surface area contributed by atoms with Crippen LogP contribution in [0.5, 0.6) is 0 Å². The van der Waals surface area contributed by atoms with E-state index < -0.39 is 0 Å². The van der Waals surface area contributed by atoms with Crippen LogP contribution >= 0.6 is 0 Å². The molecule has 2 aliphatic carbocycles. The van der Waals surface area contributed by atoms with Crippen LogP contribution in [0.15, 0.2) is 46.6 Å². The minimum Gasteiger partial charge on any atom is -0.298 e. The van der Waals surface area contributed by atoms with Gasteiger partial charge in [0.25, 0.3) is 0 Å². The number of hydrogen-bond acceptors (Lipinski definition) is 2. The summed E-state index contributed by atoms with van der Waals surface area (Å²) in [5.41, 5.74) is 3.10. The Bertz CT molecular complexity index is 379. The fraction of sp³-hybridized carbons (Fsp3) is 0. The molecule has 0 N–H and O–H groups in total. The van der Waals surface area contributed by atoms with Gasteiger partial charge in [-0.3, -0.25) is 9.59 Å². The molecule has 0 heterocycles. The highest BCUT2D eigenvalue weighted by atomic mass is 16.1. The lowest BCUT2D eigenvalue weighted by Crippen LogP contribution is -1.81. The molecular formula is C10H6O2. The first-order valence-electron chi connectivity index (χ1n) is 3.61. The number of carbonyl (C=O) groups excluding carboxylic acids is 2. The number of rotatable bonds is 2. The van der Waals surface area contributed by atoms with Gasteiger partial charge in [0.05, 0.1) is 0 Å². The smallest absolute Gasteiger partial charge is 0.150 e. The summed E-state index contributed by atoms with van der Waals surface area (Å²) in [6.45, 7) is 0. The normalized spacial score (nSPS) is 19.0. The predicted molar refractivity (Wildman–Crippen MR) is 44.5 cm³/mol. The Morgan fingerprint density at radius 3 is 2.50 bits per heavy atom. The van der Waals surface area contributed by atoms with E-state index in [1.807, 2.05) is 6.08 Å². The molecule has 2 nitrogen and oxygen atoms in total. The van der Waals surface area contributed by atoms with Gasteiger partial charge in [0.2, 0.25) is 0 Å². The Morgan fingerprint density at radius 1 is 1.00 bits per heavy atom. The van der Waals surface area contributed by atoms with E-state index >= 15 is 0 Å². The van der Waals surface area contributed by atoms with E-state index in [9.17, 15) is 9.59 Å². The average molecular weight is 158 g/mol. The number of aldehydes is 2. The van der Waals surface area contributed by atoms with Crippen molar-refractivity contribution in [3.63, 3.8) is 0 Å². The van der Waals surface area contributed by atoms with E-state index in [2.05, 4.69) is 0 Å². The monoisotopic (exact) mass is 158 g/mol. The van der Waals surface area contributed by atoms with Gasteiger partial charge in [0.15, 0.2) is 6.29 Å². The Morgan fingerprint density at radius 2 is 1.83 bits per heavy atom. The number of hydrogen-bond donors (Lipinski definition) is 0. The summed E-state index contributed by atoms with van der Waals surface area (Å²) in [5, 5.41) is 0. The number of carbonyl (C=O) groups is 2. The standard InChI is InChI=1S/C10H6O2/c11-5-7-3-8-1-2-9(6-12)10(8)4-7/h1-6H. The van der Waals surface area contributed by atoms with Crippen molar-refractivity contribution in [2.45, 2.75) is 0 Å². The van der Waals surface area contributed by atoms with Gasteiger partial charge in [0, 0.05) is 11.1 Å². The highest BCUT2D eigenvalue weighted by molar-refractivity contribution is 5.91. The number of allylic oxidation sites excluding steroid dienone is 8. The second kappa shape index (κ2) is 2.41. The zero-order valence-electron chi connectivity index (χ0n) is 6.28. The number of fused-ring (bicyclic) bond motifs is 1. The second-order valence-corrected chi connectivity index (χ2v) is 2.68. The second-order valence-electron chi connectivity index (χ2n) is 2.68. The van der Waals surface area contributed by atoms with Crippen molar-refractivity contribution < 1.29 is 9.59 Å². The zero-order valence-corrected chi connectivity index (χ0v) is 6.28. The lowest BCUT2D eigenvalue weighted by Gasteiger charge is -1.90. The van der Waals surface area contributed by atoms with Crippen molar-refractivity contribution in [3.05, 3.63) is 46.6 Å². The molecule has 0 aromatic heterocycles. The Kier molecular flexibility index (Phi) is 1.40. The van der Waals surface area contributed by atoms with Crippen molar-refractivity contribution in [2.24, 2.45) is 0 Å². The maximum absolute atomic E-state index is 10.5. The van der Waals surface area contributed by atoms with E-state index in [-0.39, 0.29) is 0 Å². The van der Waals surface area contributed by atoms with Gasteiger partial charge >= 0.3 is 0 Å². The van der Waals surface area contributed by atoms with Crippen molar-refractivity contribution in [2.75, 3.05) is 0 Å². The maximum Gasteiger partial charge on any atom is 0.150 e. The summed E-state index contributed by atoms with van der Waals surface area (Å²) in [5.74, 6) is 0. The Balaban J connectivity index is 2.53. The van der Waals surface area contributed by atoms with Crippen LogP contribution in [-0.4, -0.2) is 12.6 Å². The topological polar surface area (TPSA) is 34.1 Å². The molecule has 0 aromatic rings. The largest absolute Gasteiger partial charge is 0.298 e. The minimum atomic E-state index is 0.628. The molecule has 0 unspecified atom stereocenters. The molecule has 2 rings (SSSR count). The molecule has 0 saturated carbocycles. The lowest BCUT2D eigenvalue weighted by atomic mass is 10.1. The molecule has 0 aliphatic heterocycles. The van der Waals surface area contributed by atoms with Crippen LogP contribution in [0.2, 0.25) is 0 Å². The van der Waals surface area contributed by atoms with E-state index in [0.29, 0.717) is 11.1 Å². The van der Waals surface area contributed by atoms with Gasteiger partial charge in [-0.25, -0.2) is 0 Å². The lowest BCUT2D eigenvalue weighted by molar-refractivity contribution is -0.105. The van der Waals surface area contributed by atoms with E-state index in [1.165, 1.54) is 0 Å². The SMILES string of the molecule is O=CC1=CC2=C(C=O)C=CC2=C1. The predicted octanol–water partition coefficient (Wildman–Crippen LogP) is 1.12. The van der Waals surface area contributed by atoms with Gasteiger partial charge in [0.1, 0.15) is 6.29 Å². The molecule has 0 spiro atoms. The molecule has 12 heavy (non-hydrogen) atoms. The summed E-state index contributed by atoms with van der Waals surface area (Å²) < 4.78 is 0. The molecule has 0 amide bonds. The summed E-state index contributed by atoms with van der Waals surface area (Å²) in [7, 11) is 0. The highest BCUT2D eigenvalue weighted by Gasteiger charge is 2.17.